The summed E-state index contributed by atoms with van der Waals surface area (Å²) in [5.74, 6) is 0.135. The van der Waals surface area contributed by atoms with Crippen LogP contribution in [0.3, 0.4) is 0 Å². The van der Waals surface area contributed by atoms with Crippen molar-refractivity contribution in [1.82, 2.24) is 10.2 Å². The molecule has 2 fully saturated rings. The van der Waals surface area contributed by atoms with Gasteiger partial charge in [-0.05, 0) is 42.3 Å². The average molecular weight is 384 g/mol. The maximum Gasteiger partial charge on any atom is 0.254 e. The monoisotopic (exact) mass is 383 g/mol. The molecule has 2 saturated heterocycles. The number of nitrogens with zero attached hydrogens (tertiary/aromatic N) is 2. The Hall–Kier alpha value is -2.37. The minimum absolute atomic E-state index is 0.0132. The molecule has 27 heavy (non-hydrogen) atoms. The van der Waals surface area contributed by atoms with Gasteiger partial charge in [0.25, 0.3) is 5.91 Å². The standard InChI is InChI=1S/C21H22ClN3O2/c22-18-5-2-1-4-17(18)19-14-23-11-13-25(19)21(27)15-7-9-16(10-8-15)24-12-3-6-20(24)26/h1-2,4-5,7-10,19,23H,3,6,11-14H2. The van der Waals surface area contributed by atoms with Crippen LogP contribution in [0.1, 0.15) is 34.8 Å². The molecule has 0 radical (unpaired) electrons. The summed E-state index contributed by atoms with van der Waals surface area (Å²) in [5.41, 5.74) is 2.44. The van der Waals surface area contributed by atoms with Gasteiger partial charge in [0, 0.05) is 48.9 Å². The van der Waals surface area contributed by atoms with Crippen LogP contribution in [-0.2, 0) is 4.79 Å². The number of hydrogen-bond donors (Lipinski definition) is 1. The average Bonchev–Trinajstić information content (AvgIpc) is 3.14. The summed E-state index contributed by atoms with van der Waals surface area (Å²) in [6.07, 6.45) is 1.49. The SMILES string of the molecule is O=C1CCCN1c1ccc(C(=O)N2CCNCC2c2ccccc2Cl)cc1. The van der Waals surface area contributed by atoms with Crippen LogP contribution < -0.4 is 10.2 Å². The Balaban J connectivity index is 1.57. The molecule has 140 valence electrons. The molecule has 4 rings (SSSR count). The van der Waals surface area contributed by atoms with Crippen molar-refractivity contribution in [3.63, 3.8) is 0 Å². The minimum Gasteiger partial charge on any atom is -0.329 e. The van der Waals surface area contributed by atoms with Gasteiger partial charge in [-0.25, -0.2) is 0 Å². The molecule has 0 saturated carbocycles. The number of hydrogen-bond acceptors (Lipinski definition) is 3. The van der Waals surface area contributed by atoms with Gasteiger partial charge in [0.05, 0.1) is 6.04 Å². The van der Waals surface area contributed by atoms with Gasteiger partial charge < -0.3 is 15.1 Å². The molecule has 0 aliphatic carbocycles. The maximum atomic E-state index is 13.2. The van der Waals surface area contributed by atoms with Crippen molar-refractivity contribution in [3.05, 3.63) is 64.7 Å². The molecule has 5 nitrogen and oxygen atoms in total. The second-order valence-electron chi connectivity index (χ2n) is 6.94. The Morgan fingerprint density at radius 1 is 1.07 bits per heavy atom. The molecular weight excluding hydrogens is 362 g/mol. The number of carbonyl (C=O) groups is 2. The number of halogens is 1. The van der Waals surface area contributed by atoms with Crippen LogP contribution in [0.5, 0.6) is 0 Å². The van der Waals surface area contributed by atoms with E-state index in [9.17, 15) is 9.59 Å². The van der Waals surface area contributed by atoms with Crippen molar-refractivity contribution in [3.8, 4) is 0 Å². The van der Waals surface area contributed by atoms with Crippen LogP contribution in [0.15, 0.2) is 48.5 Å². The first-order valence-electron chi connectivity index (χ1n) is 9.32. The molecule has 2 aromatic carbocycles. The van der Waals surface area contributed by atoms with Gasteiger partial charge in [-0.2, -0.15) is 0 Å². The lowest BCUT2D eigenvalue weighted by molar-refractivity contribution is -0.117. The van der Waals surface area contributed by atoms with Crippen LogP contribution >= 0.6 is 11.6 Å². The van der Waals surface area contributed by atoms with Crippen molar-refractivity contribution in [2.75, 3.05) is 31.1 Å². The molecular formula is C21H22ClN3O2. The molecule has 2 amide bonds. The maximum absolute atomic E-state index is 13.2. The third-order valence-electron chi connectivity index (χ3n) is 5.27. The fourth-order valence-electron chi connectivity index (χ4n) is 3.84. The molecule has 6 heteroatoms. The van der Waals surface area contributed by atoms with E-state index < -0.39 is 0 Å². The van der Waals surface area contributed by atoms with Gasteiger partial charge in [-0.1, -0.05) is 29.8 Å². The lowest BCUT2D eigenvalue weighted by Gasteiger charge is -2.37. The van der Waals surface area contributed by atoms with Crippen molar-refractivity contribution in [1.29, 1.82) is 0 Å². The Labute approximate surface area is 163 Å². The zero-order chi connectivity index (χ0) is 18.8. The molecule has 2 heterocycles. The quantitative estimate of drug-likeness (QED) is 0.885. The summed E-state index contributed by atoms with van der Waals surface area (Å²) in [4.78, 5) is 28.7. The highest BCUT2D eigenvalue weighted by atomic mass is 35.5. The smallest absolute Gasteiger partial charge is 0.254 e. The Morgan fingerprint density at radius 2 is 1.85 bits per heavy atom. The molecule has 0 spiro atoms. The minimum atomic E-state index is -0.0974. The second-order valence-corrected chi connectivity index (χ2v) is 7.34. The van der Waals surface area contributed by atoms with E-state index in [-0.39, 0.29) is 17.9 Å². The summed E-state index contributed by atoms with van der Waals surface area (Å²) in [6.45, 7) is 2.81. The van der Waals surface area contributed by atoms with E-state index in [1.165, 1.54) is 0 Å². The molecule has 1 atom stereocenters. The van der Waals surface area contributed by atoms with Crippen molar-refractivity contribution >= 4 is 29.1 Å². The zero-order valence-corrected chi connectivity index (χ0v) is 15.8. The summed E-state index contributed by atoms with van der Waals surface area (Å²) < 4.78 is 0. The van der Waals surface area contributed by atoms with Crippen molar-refractivity contribution < 1.29 is 9.59 Å². The van der Waals surface area contributed by atoms with E-state index in [1.54, 1.807) is 4.90 Å². The Kier molecular flexibility index (Phi) is 5.14. The summed E-state index contributed by atoms with van der Waals surface area (Å²) in [6, 6.07) is 14.9. The van der Waals surface area contributed by atoms with E-state index >= 15 is 0 Å². The van der Waals surface area contributed by atoms with Crippen LogP contribution in [0, 0.1) is 0 Å². The number of piperazine rings is 1. The van der Waals surface area contributed by atoms with Gasteiger partial charge in [-0.3, -0.25) is 9.59 Å². The molecule has 0 bridgehead atoms. The number of rotatable bonds is 3. The molecule has 2 aromatic rings. The van der Waals surface area contributed by atoms with Crippen LogP contribution in [-0.4, -0.2) is 42.9 Å². The highest BCUT2D eigenvalue weighted by Gasteiger charge is 2.30. The van der Waals surface area contributed by atoms with E-state index in [0.717, 1.165) is 30.8 Å². The predicted octanol–water partition coefficient (Wildman–Crippen LogP) is 3.25. The number of amides is 2. The second kappa shape index (κ2) is 7.71. The Morgan fingerprint density at radius 3 is 2.56 bits per heavy atom. The first kappa shape index (κ1) is 18.0. The van der Waals surface area contributed by atoms with E-state index in [2.05, 4.69) is 5.32 Å². The van der Waals surface area contributed by atoms with Gasteiger partial charge in [0.15, 0.2) is 0 Å². The Bertz CT molecular complexity index is 853. The summed E-state index contributed by atoms with van der Waals surface area (Å²) in [5, 5.41) is 4.02. The first-order valence-corrected chi connectivity index (χ1v) is 9.69. The third kappa shape index (κ3) is 3.57. The largest absolute Gasteiger partial charge is 0.329 e. The third-order valence-corrected chi connectivity index (χ3v) is 5.61. The van der Waals surface area contributed by atoms with Crippen LogP contribution in [0.4, 0.5) is 5.69 Å². The normalized spacial score (nSPS) is 20.2. The van der Waals surface area contributed by atoms with Gasteiger partial charge in [0.1, 0.15) is 0 Å². The molecule has 2 aliphatic heterocycles. The van der Waals surface area contributed by atoms with Crippen LogP contribution in [0.2, 0.25) is 5.02 Å². The topological polar surface area (TPSA) is 52.7 Å². The van der Waals surface area contributed by atoms with Gasteiger partial charge in [-0.15, -0.1) is 0 Å². The summed E-state index contributed by atoms with van der Waals surface area (Å²) >= 11 is 6.38. The predicted molar refractivity (Wildman–Crippen MR) is 106 cm³/mol. The van der Waals surface area contributed by atoms with E-state index in [4.69, 9.17) is 11.6 Å². The number of carbonyl (C=O) groups excluding carboxylic acids is 2. The zero-order valence-electron chi connectivity index (χ0n) is 15.0. The number of benzene rings is 2. The number of nitrogens with one attached hydrogen (secondary N) is 1. The van der Waals surface area contributed by atoms with Gasteiger partial charge >= 0.3 is 0 Å². The van der Waals surface area contributed by atoms with Crippen molar-refractivity contribution in [2.24, 2.45) is 0 Å². The fraction of sp³-hybridized carbons (Fsp3) is 0.333. The molecule has 2 aliphatic rings. The van der Waals surface area contributed by atoms with Crippen molar-refractivity contribution in [2.45, 2.75) is 18.9 Å². The number of anilines is 1. The molecule has 0 aromatic heterocycles. The highest BCUT2D eigenvalue weighted by molar-refractivity contribution is 6.31. The van der Waals surface area contributed by atoms with E-state index in [0.29, 0.717) is 30.1 Å². The first-order chi connectivity index (χ1) is 13.1. The lowest BCUT2D eigenvalue weighted by Crippen LogP contribution is -2.48. The lowest BCUT2D eigenvalue weighted by atomic mass is 10.0. The molecule has 1 unspecified atom stereocenters. The van der Waals surface area contributed by atoms with Gasteiger partial charge in [0.2, 0.25) is 5.91 Å². The highest BCUT2D eigenvalue weighted by Crippen LogP contribution is 2.30. The van der Waals surface area contributed by atoms with E-state index in [1.807, 2.05) is 53.4 Å². The fourth-order valence-corrected chi connectivity index (χ4v) is 4.10. The van der Waals surface area contributed by atoms with Crippen LogP contribution in [0.25, 0.3) is 0 Å². The summed E-state index contributed by atoms with van der Waals surface area (Å²) in [7, 11) is 0. The molecule has 1 N–H and O–H groups in total.